The Kier molecular flexibility index (Phi) is 2.61. The Morgan fingerprint density at radius 2 is 2.38 bits per heavy atom. The average Bonchev–Trinajstić information content (AvgIpc) is 2.84. The molecular weight excluding hydrogens is 288 g/mol. The van der Waals surface area contributed by atoms with Crippen LogP contribution in [0.3, 0.4) is 0 Å². The standard InChI is InChI=1S/C11H11BrN2OS/c12-10-4-3-9(16-10)7-6-14-5-1-2-8(15)11(14)13-7/h3-4,6,8,15H,1-2,5H2/t8-/m0/s1. The second-order valence-corrected chi connectivity index (χ2v) is 6.40. The number of halogens is 1. The van der Waals surface area contributed by atoms with Gasteiger partial charge in [0.25, 0.3) is 0 Å². The summed E-state index contributed by atoms with van der Waals surface area (Å²) in [5.74, 6) is 0.811. The molecule has 84 valence electrons. The molecule has 16 heavy (non-hydrogen) atoms. The van der Waals surface area contributed by atoms with Gasteiger partial charge in [-0.25, -0.2) is 4.98 Å². The predicted molar refractivity (Wildman–Crippen MR) is 67.4 cm³/mol. The maximum absolute atomic E-state index is 9.84. The van der Waals surface area contributed by atoms with E-state index in [4.69, 9.17) is 0 Å². The van der Waals surface area contributed by atoms with Gasteiger partial charge in [-0.1, -0.05) is 0 Å². The van der Waals surface area contributed by atoms with Crippen molar-refractivity contribution in [3.05, 3.63) is 27.9 Å². The lowest BCUT2D eigenvalue weighted by Crippen LogP contribution is -2.14. The van der Waals surface area contributed by atoms with Crippen molar-refractivity contribution in [2.75, 3.05) is 0 Å². The fourth-order valence-corrected chi connectivity index (χ4v) is 3.37. The van der Waals surface area contributed by atoms with Crippen LogP contribution in [0.1, 0.15) is 24.8 Å². The van der Waals surface area contributed by atoms with Gasteiger partial charge in [-0.3, -0.25) is 0 Å². The molecule has 2 aromatic heterocycles. The number of hydrogen-bond acceptors (Lipinski definition) is 3. The van der Waals surface area contributed by atoms with E-state index in [-0.39, 0.29) is 0 Å². The number of rotatable bonds is 1. The van der Waals surface area contributed by atoms with E-state index in [0.29, 0.717) is 0 Å². The van der Waals surface area contributed by atoms with Gasteiger partial charge in [0, 0.05) is 12.7 Å². The predicted octanol–water partition coefficient (Wildman–Crippen LogP) is 3.20. The number of hydrogen-bond donors (Lipinski definition) is 1. The summed E-state index contributed by atoms with van der Waals surface area (Å²) in [6.45, 7) is 0.964. The molecule has 1 aliphatic heterocycles. The largest absolute Gasteiger partial charge is 0.385 e. The van der Waals surface area contributed by atoms with Crippen molar-refractivity contribution < 1.29 is 5.11 Å². The molecular formula is C11H11BrN2OS. The monoisotopic (exact) mass is 298 g/mol. The lowest BCUT2D eigenvalue weighted by Gasteiger charge is -2.18. The molecule has 3 nitrogen and oxygen atoms in total. The minimum Gasteiger partial charge on any atom is -0.385 e. The zero-order valence-electron chi connectivity index (χ0n) is 8.56. The molecule has 0 aliphatic carbocycles. The number of aliphatic hydroxyl groups excluding tert-OH is 1. The fraction of sp³-hybridized carbons (Fsp3) is 0.364. The molecule has 0 amide bonds. The third-order valence-electron chi connectivity index (χ3n) is 2.81. The van der Waals surface area contributed by atoms with E-state index in [1.54, 1.807) is 11.3 Å². The Bertz CT molecular complexity index is 520. The van der Waals surface area contributed by atoms with Gasteiger partial charge in [-0.05, 0) is 40.9 Å². The molecule has 0 saturated carbocycles. The van der Waals surface area contributed by atoms with E-state index in [1.807, 2.05) is 12.3 Å². The van der Waals surface area contributed by atoms with Gasteiger partial charge < -0.3 is 9.67 Å². The van der Waals surface area contributed by atoms with Crippen LogP contribution in [0.4, 0.5) is 0 Å². The summed E-state index contributed by atoms with van der Waals surface area (Å²) in [4.78, 5) is 5.66. The maximum Gasteiger partial charge on any atom is 0.138 e. The fourth-order valence-electron chi connectivity index (χ4n) is 2.03. The van der Waals surface area contributed by atoms with Crippen molar-refractivity contribution in [1.82, 2.24) is 9.55 Å². The molecule has 1 atom stereocenters. The van der Waals surface area contributed by atoms with Gasteiger partial charge in [0.1, 0.15) is 11.9 Å². The summed E-state index contributed by atoms with van der Waals surface area (Å²) < 4.78 is 3.17. The third kappa shape index (κ3) is 1.73. The van der Waals surface area contributed by atoms with Crippen LogP contribution in [0, 0.1) is 0 Å². The molecule has 0 bridgehead atoms. The van der Waals surface area contributed by atoms with E-state index in [1.165, 1.54) is 0 Å². The Morgan fingerprint density at radius 3 is 3.06 bits per heavy atom. The summed E-state index contributed by atoms with van der Waals surface area (Å²) in [6, 6.07) is 4.07. The number of aliphatic hydroxyl groups is 1. The first kappa shape index (κ1) is 10.5. The molecule has 0 radical (unpaired) electrons. The molecule has 1 aliphatic rings. The van der Waals surface area contributed by atoms with Crippen molar-refractivity contribution >= 4 is 27.3 Å². The zero-order chi connectivity index (χ0) is 11.1. The molecule has 0 aromatic carbocycles. The Labute approximate surface area is 106 Å². The van der Waals surface area contributed by atoms with Gasteiger partial charge in [0.2, 0.25) is 0 Å². The van der Waals surface area contributed by atoms with Crippen LogP contribution in [0.15, 0.2) is 22.1 Å². The minimum atomic E-state index is -0.397. The van der Waals surface area contributed by atoms with E-state index in [0.717, 1.165) is 39.6 Å². The molecule has 2 aromatic rings. The number of aromatic nitrogens is 2. The highest BCUT2D eigenvalue weighted by atomic mass is 79.9. The van der Waals surface area contributed by atoms with Gasteiger partial charge in [-0.15, -0.1) is 11.3 Å². The summed E-state index contributed by atoms with van der Waals surface area (Å²) >= 11 is 5.11. The van der Waals surface area contributed by atoms with Crippen molar-refractivity contribution in [1.29, 1.82) is 0 Å². The summed E-state index contributed by atoms with van der Waals surface area (Å²) in [7, 11) is 0. The zero-order valence-corrected chi connectivity index (χ0v) is 11.0. The van der Waals surface area contributed by atoms with Crippen molar-refractivity contribution in [3.63, 3.8) is 0 Å². The molecule has 0 fully saturated rings. The molecule has 0 spiro atoms. The van der Waals surface area contributed by atoms with Crippen LogP contribution in [-0.2, 0) is 6.54 Å². The number of thiophene rings is 1. The molecule has 5 heteroatoms. The van der Waals surface area contributed by atoms with Crippen LogP contribution in [0.2, 0.25) is 0 Å². The smallest absolute Gasteiger partial charge is 0.138 e. The second kappa shape index (κ2) is 3.98. The van der Waals surface area contributed by atoms with E-state index in [9.17, 15) is 5.11 Å². The van der Waals surface area contributed by atoms with E-state index in [2.05, 4.69) is 31.5 Å². The third-order valence-corrected chi connectivity index (χ3v) is 4.45. The average molecular weight is 299 g/mol. The maximum atomic E-state index is 9.84. The number of imidazole rings is 1. The highest BCUT2D eigenvalue weighted by Crippen LogP contribution is 2.33. The quantitative estimate of drug-likeness (QED) is 0.878. The summed E-state index contributed by atoms with van der Waals surface area (Å²) in [5.41, 5.74) is 0.964. The van der Waals surface area contributed by atoms with Crippen LogP contribution < -0.4 is 0 Å². The van der Waals surface area contributed by atoms with Crippen molar-refractivity contribution in [3.8, 4) is 10.6 Å². The Morgan fingerprint density at radius 1 is 1.50 bits per heavy atom. The van der Waals surface area contributed by atoms with Crippen LogP contribution in [0.25, 0.3) is 10.6 Å². The van der Waals surface area contributed by atoms with Gasteiger partial charge >= 0.3 is 0 Å². The van der Waals surface area contributed by atoms with Crippen molar-refractivity contribution in [2.24, 2.45) is 0 Å². The number of nitrogens with zero attached hydrogens (tertiary/aromatic N) is 2. The number of fused-ring (bicyclic) bond motifs is 1. The highest BCUT2D eigenvalue weighted by molar-refractivity contribution is 9.11. The number of aryl methyl sites for hydroxylation is 1. The normalized spacial score (nSPS) is 19.8. The molecule has 1 N–H and O–H groups in total. The molecule has 3 heterocycles. The molecule has 0 unspecified atom stereocenters. The summed E-state index contributed by atoms with van der Waals surface area (Å²) in [6.07, 6.45) is 3.49. The summed E-state index contributed by atoms with van der Waals surface area (Å²) in [5, 5.41) is 9.84. The van der Waals surface area contributed by atoms with Crippen molar-refractivity contribution in [2.45, 2.75) is 25.5 Å². The first-order valence-corrected chi connectivity index (χ1v) is 6.86. The lowest BCUT2D eigenvalue weighted by molar-refractivity contribution is 0.134. The molecule has 3 rings (SSSR count). The highest BCUT2D eigenvalue weighted by Gasteiger charge is 2.21. The minimum absolute atomic E-state index is 0.397. The SMILES string of the molecule is O[C@H]1CCCn2cc(-c3ccc(Br)s3)nc21. The van der Waals surface area contributed by atoms with Gasteiger partial charge in [-0.2, -0.15) is 0 Å². The first-order chi connectivity index (χ1) is 7.74. The topological polar surface area (TPSA) is 38.0 Å². The van der Waals surface area contributed by atoms with E-state index < -0.39 is 6.10 Å². The second-order valence-electron chi connectivity index (χ2n) is 3.94. The first-order valence-electron chi connectivity index (χ1n) is 5.25. The van der Waals surface area contributed by atoms with Crippen LogP contribution in [-0.4, -0.2) is 14.7 Å². The van der Waals surface area contributed by atoms with Gasteiger partial charge in [0.05, 0.1) is 14.4 Å². The Hall–Kier alpha value is -0.650. The molecule has 0 saturated heterocycles. The van der Waals surface area contributed by atoms with Crippen LogP contribution >= 0.6 is 27.3 Å². The van der Waals surface area contributed by atoms with Gasteiger partial charge in [0.15, 0.2) is 0 Å². The Balaban J connectivity index is 2.04. The lowest BCUT2D eigenvalue weighted by atomic mass is 10.1. The van der Waals surface area contributed by atoms with E-state index >= 15 is 0 Å². The van der Waals surface area contributed by atoms with Crippen LogP contribution in [0.5, 0.6) is 0 Å².